The Kier molecular flexibility index (Phi) is 9.05. The van der Waals surface area contributed by atoms with Crippen LogP contribution in [0.3, 0.4) is 0 Å². The predicted octanol–water partition coefficient (Wildman–Crippen LogP) is 7.59. The van der Waals surface area contributed by atoms with Crippen LogP contribution in [0.25, 0.3) is 0 Å². The van der Waals surface area contributed by atoms with Gasteiger partial charge in [0.2, 0.25) is 0 Å². The van der Waals surface area contributed by atoms with E-state index in [1.807, 2.05) is 0 Å². The van der Waals surface area contributed by atoms with E-state index in [4.69, 9.17) is 0 Å². The highest BCUT2D eigenvalue weighted by Crippen LogP contribution is 2.48. The summed E-state index contributed by atoms with van der Waals surface area (Å²) in [7, 11) is 8.46. The van der Waals surface area contributed by atoms with Gasteiger partial charge in [-0.1, -0.05) is 102 Å². The molecule has 0 unspecified atom stereocenters. The molecule has 0 heterocycles. The van der Waals surface area contributed by atoms with Crippen molar-refractivity contribution in [1.82, 2.24) is 9.34 Å². The lowest BCUT2D eigenvalue weighted by atomic mass is 9.75. The van der Waals surface area contributed by atoms with Gasteiger partial charge < -0.3 is 0 Å². The number of nitrogens with zero attached hydrogens (tertiary/aromatic N) is 2. The zero-order valence-corrected chi connectivity index (χ0v) is 26.2. The monoisotopic (exact) mass is 480 g/mol. The van der Waals surface area contributed by atoms with E-state index in [-0.39, 0.29) is 16.2 Å². The Morgan fingerprint density at radius 3 is 1.29 bits per heavy atom. The van der Waals surface area contributed by atoms with E-state index in [1.165, 1.54) is 24.9 Å². The van der Waals surface area contributed by atoms with E-state index in [0.29, 0.717) is 0 Å². The van der Waals surface area contributed by atoms with Gasteiger partial charge in [-0.3, -0.25) is 9.34 Å². The molecule has 0 atom stereocenters. The lowest BCUT2D eigenvalue weighted by Gasteiger charge is -2.38. The Balaban J connectivity index is 4.19. The average Bonchev–Trinajstić information content (AvgIpc) is 2.49. The molecule has 178 valence electrons. The van der Waals surface area contributed by atoms with Gasteiger partial charge in [-0.2, -0.15) is 0 Å². The summed E-state index contributed by atoms with van der Waals surface area (Å²) in [6.07, 6.45) is 0. The largest absolute Gasteiger partial charge is 0.273 e. The molecule has 31 heavy (non-hydrogen) atoms. The summed E-state index contributed by atoms with van der Waals surface area (Å²) in [5, 5.41) is 1.56. The zero-order chi connectivity index (χ0) is 24.7. The molecule has 0 amide bonds. The van der Waals surface area contributed by atoms with Crippen molar-refractivity contribution in [3.8, 4) is 0 Å². The molecule has 2 nitrogen and oxygen atoms in total. The van der Waals surface area contributed by atoms with Gasteiger partial charge in [0.15, 0.2) is 0 Å². The molecule has 0 spiro atoms. The molecule has 0 saturated carbocycles. The highest BCUT2D eigenvalue weighted by Gasteiger charge is 2.34. The molecular weight excluding hydrogens is 430 g/mol. The van der Waals surface area contributed by atoms with Gasteiger partial charge in [0.1, 0.15) is 0 Å². The first-order valence-corrected chi connectivity index (χ1v) is 17.2. The summed E-state index contributed by atoms with van der Waals surface area (Å²) in [5.41, 5.74) is 4.85. The molecule has 0 fully saturated rings. The quantitative estimate of drug-likeness (QED) is 0.316. The summed E-state index contributed by atoms with van der Waals surface area (Å²) in [6.45, 7) is 28.9. The topological polar surface area (TPSA) is 6.48 Å². The normalized spacial score (nSPS) is 14.9. The maximum absolute atomic E-state index is 2.52. The standard InChI is InChI=1S/C26H50N2P2Si/c1-24(2,3)19-17-20(25(4,5)6)22(21(18-19)26(7,8)9)29-23(31(14,15)16)30(27(10)11)28(12)13/h17-18H,1-16H3. The van der Waals surface area contributed by atoms with Crippen LogP contribution in [0.2, 0.25) is 19.6 Å². The molecule has 0 aliphatic carbocycles. The fourth-order valence-corrected chi connectivity index (χ4v) is 13.4. The van der Waals surface area contributed by atoms with E-state index < -0.39 is 16.3 Å². The fraction of sp³-hybridized carbons (Fsp3) is 0.731. The van der Waals surface area contributed by atoms with Crippen LogP contribution in [0.15, 0.2) is 12.1 Å². The number of hydrogen-bond donors (Lipinski definition) is 0. The van der Waals surface area contributed by atoms with E-state index in [1.54, 1.807) is 9.96 Å². The SMILES string of the molecule is CN(C)P(C(=Pc1c(C(C)(C)C)cc(C(C)(C)C)cc1C(C)(C)C)[Si](C)(C)C)N(C)C. The third-order valence-corrected chi connectivity index (χ3v) is 15.4. The molecule has 1 aromatic rings. The van der Waals surface area contributed by atoms with Crippen LogP contribution < -0.4 is 5.30 Å². The molecule has 0 aliphatic rings. The van der Waals surface area contributed by atoms with Crippen molar-refractivity contribution in [3.05, 3.63) is 28.8 Å². The highest BCUT2D eigenvalue weighted by atomic mass is 31.2. The smallest absolute Gasteiger partial charge is 0.0874 e. The van der Waals surface area contributed by atoms with Crippen LogP contribution in [0.4, 0.5) is 0 Å². The molecule has 0 aromatic heterocycles. The van der Waals surface area contributed by atoms with E-state index >= 15 is 0 Å². The maximum Gasteiger partial charge on any atom is 0.0874 e. The molecule has 1 rings (SSSR count). The van der Waals surface area contributed by atoms with Gasteiger partial charge >= 0.3 is 0 Å². The molecule has 5 heteroatoms. The van der Waals surface area contributed by atoms with Gasteiger partial charge in [-0.15, -0.1) is 0 Å². The average molecular weight is 481 g/mol. The number of rotatable bonds is 5. The summed E-state index contributed by atoms with van der Waals surface area (Å²) in [4.78, 5) is 0. The van der Waals surface area contributed by atoms with Crippen LogP contribution in [0.1, 0.15) is 79.0 Å². The van der Waals surface area contributed by atoms with Crippen LogP contribution >= 0.6 is 16.4 Å². The minimum atomic E-state index is -1.52. The third-order valence-electron chi connectivity index (χ3n) is 5.43. The lowest BCUT2D eigenvalue weighted by Crippen LogP contribution is -2.38. The Bertz CT molecular complexity index is 756. The molecule has 0 aliphatic heterocycles. The van der Waals surface area contributed by atoms with Crippen molar-refractivity contribution >= 4 is 34.5 Å². The summed E-state index contributed by atoms with van der Waals surface area (Å²) < 4.78 is 6.65. The summed E-state index contributed by atoms with van der Waals surface area (Å²) in [6, 6.07) is 5.04. The summed E-state index contributed by atoms with van der Waals surface area (Å²) >= 11 is 0. The Hall–Kier alpha value is -0.0431. The van der Waals surface area contributed by atoms with E-state index in [9.17, 15) is 0 Å². The molecule has 0 N–H and O–H groups in total. The molecule has 0 radical (unpaired) electrons. The van der Waals surface area contributed by atoms with Crippen LogP contribution in [0, 0.1) is 0 Å². The van der Waals surface area contributed by atoms with Gasteiger partial charge in [0, 0.05) is 5.30 Å². The second-order valence-electron chi connectivity index (χ2n) is 13.3. The molecule has 0 saturated heterocycles. The maximum atomic E-state index is 2.52. The Morgan fingerprint density at radius 1 is 0.710 bits per heavy atom. The van der Waals surface area contributed by atoms with Crippen molar-refractivity contribution in [2.24, 2.45) is 0 Å². The fourth-order valence-electron chi connectivity index (χ4n) is 3.69. The third kappa shape index (κ3) is 7.48. The van der Waals surface area contributed by atoms with Crippen molar-refractivity contribution in [1.29, 1.82) is 0 Å². The molecule has 0 bridgehead atoms. The lowest BCUT2D eigenvalue weighted by molar-refractivity contribution is 0.554. The van der Waals surface area contributed by atoms with E-state index in [0.717, 1.165) is 0 Å². The van der Waals surface area contributed by atoms with Crippen LogP contribution in [-0.4, -0.2) is 50.3 Å². The van der Waals surface area contributed by atoms with Crippen molar-refractivity contribution in [3.63, 3.8) is 0 Å². The minimum Gasteiger partial charge on any atom is -0.273 e. The number of hydrogen-bond acceptors (Lipinski definition) is 2. The number of benzene rings is 1. The van der Waals surface area contributed by atoms with Crippen molar-refractivity contribution in [2.45, 2.75) is 98.2 Å². The first-order valence-electron chi connectivity index (χ1n) is 11.5. The van der Waals surface area contributed by atoms with Gasteiger partial charge in [-0.05, 0) is 65.8 Å². The van der Waals surface area contributed by atoms with Crippen molar-refractivity contribution in [2.75, 3.05) is 28.2 Å². The highest BCUT2D eigenvalue weighted by molar-refractivity contribution is 7.91. The van der Waals surface area contributed by atoms with Gasteiger partial charge in [-0.25, -0.2) is 0 Å². The Labute approximate surface area is 198 Å². The Morgan fingerprint density at radius 2 is 1.06 bits per heavy atom. The van der Waals surface area contributed by atoms with Crippen LogP contribution in [-0.2, 0) is 16.2 Å². The van der Waals surface area contributed by atoms with Crippen LogP contribution in [0.5, 0.6) is 0 Å². The molecular formula is C26H50N2P2Si. The summed E-state index contributed by atoms with van der Waals surface area (Å²) in [5.74, 6) is 0. The second kappa shape index (κ2) is 9.67. The van der Waals surface area contributed by atoms with E-state index in [2.05, 4.69) is 132 Å². The zero-order valence-electron chi connectivity index (χ0n) is 23.4. The van der Waals surface area contributed by atoms with Gasteiger partial charge in [0.25, 0.3) is 0 Å². The van der Waals surface area contributed by atoms with Gasteiger partial charge in [0.05, 0.1) is 16.3 Å². The first kappa shape index (κ1) is 29.0. The van der Waals surface area contributed by atoms with Crippen molar-refractivity contribution < 1.29 is 0 Å². The predicted molar refractivity (Wildman–Crippen MR) is 152 cm³/mol. The minimum absolute atomic E-state index is 0.104. The molecule has 1 aromatic carbocycles. The first-order chi connectivity index (χ1) is 13.6. The second-order valence-corrected chi connectivity index (χ2v) is 23.3.